The van der Waals surface area contributed by atoms with Crippen LogP contribution >= 0.6 is 0 Å². The van der Waals surface area contributed by atoms with E-state index in [4.69, 9.17) is 0 Å². The first kappa shape index (κ1) is 17.3. The van der Waals surface area contributed by atoms with Crippen molar-refractivity contribution in [3.05, 3.63) is 53.9 Å². The summed E-state index contributed by atoms with van der Waals surface area (Å²) in [5.74, 6) is -0.444. The van der Waals surface area contributed by atoms with Crippen LogP contribution in [0, 0.1) is 11.7 Å². The molecule has 2 aromatic rings. The number of anilines is 1. The van der Waals surface area contributed by atoms with Crippen LogP contribution in [0.25, 0.3) is 0 Å². The quantitative estimate of drug-likeness (QED) is 0.883. The summed E-state index contributed by atoms with van der Waals surface area (Å²) < 4.78 is 13.3. The maximum absolute atomic E-state index is 13.3. The van der Waals surface area contributed by atoms with Gasteiger partial charge in [0.2, 0.25) is 5.82 Å². The van der Waals surface area contributed by atoms with Gasteiger partial charge < -0.3 is 15.3 Å². The second-order valence-corrected chi connectivity index (χ2v) is 6.25. The smallest absolute Gasteiger partial charge is 0.291 e. The highest BCUT2D eigenvalue weighted by Gasteiger charge is 2.31. The van der Waals surface area contributed by atoms with E-state index in [1.807, 2.05) is 6.07 Å². The Morgan fingerprint density at radius 3 is 2.80 bits per heavy atom. The van der Waals surface area contributed by atoms with Gasteiger partial charge in [0, 0.05) is 20.1 Å². The van der Waals surface area contributed by atoms with Gasteiger partial charge in [0.1, 0.15) is 5.82 Å². The molecule has 1 saturated heterocycles. The molecule has 132 valence electrons. The minimum absolute atomic E-state index is 0.00145. The Morgan fingerprint density at radius 2 is 2.16 bits per heavy atom. The van der Waals surface area contributed by atoms with E-state index in [-0.39, 0.29) is 30.0 Å². The van der Waals surface area contributed by atoms with E-state index in [1.165, 1.54) is 12.1 Å². The molecule has 1 fully saturated rings. The molecule has 0 saturated carbocycles. The number of aromatic nitrogens is 2. The number of carbonyl (C=O) groups is 1. The highest BCUT2D eigenvalue weighted by Crippen LogP contribution is 2.23. The molecule has 1 amide bonds. The third kappa shape index (κ3) is 4.11. The number of β-amino-alcohol motifs (C(OH)–C–C–N with tert-alkyl or cyclic N) is 1. The summed E-state index contributed by atoms with van der Waals surface area (Å²) in [4.78, 5) is 22.2. The lowest BCUT2D eigenvalue weighted by molar-refractivity contribution is 0.0191. The predicted molar refractivity (Wildman–Crippen MR) is 91.7 cm³/mol. The van der Waals surface area contributed by atoms with Crippen molar-refractivity contribution < 1.29 is 14.3 Å². The molecule has 0 unspecified atom stereocenters. The number of hydrogen-bond acceptors (Lipinski definition) is 5. The lowest BCUT2D eigenvalue weighted by Gasteiger charge is -2.35. The zero-order valence-electron chi connectivity index (χ0n) is 14.0. The summed E-state index contributed by atoms with van der Waals surface area (Å²) in [6.07, 6.45) is 3.69. The first-order valence-corrected chi connectivity index (χ1v) is 8.28. The molecule has 7 heteroatoms. The summed E-state index contributed by atoms with van der Waals surface area (Å²) in [6, 6.07) is 6.41. The van der Waals surface area contributed by atoms with Crippen molar-refractivity contribution in [2.75, 3.05) is 25.5 Å². The first-order valence-electron chi connectivity index (χ1n) is 8.28. The van der Waals surface area contributed by atoms with Crippen molar-refractivity contribution in [1.82, 2.24) is 14.9 Å². The van der Waals surface area contributed by atoms with Gasteiger partial charge in [-0.3, -0.25) is 4.79 Å². The van der Waals surface area contributed by atoms with Crippen LogP contribution in [0.3, 0.4) is 0 Å². The third-order valence-corrected chi connectivity index (χ3v) is 4.53. The summed E-state index contributed by atoms with van der Waals surface area (Å²) in [5, 5.41) is 13.3. The van der Waals surface area contributed by atoms with Gasteiger partial charge in [-0.05, 0) is 36.5 Å². The number of halogens is 1. The normalized spacial score (nSPS) is 20.4. The van der Waals surface area contributed by atoms with Gasteiger partial charge in [0.25, 0.3) is 5.91 Å². The van der Waals surface area contributed by atoms with Gasteiger partial charge in [-0.2, -0.15) is 0 Å². The van der Waals surface area contributed by atoms with Crippen LogP contribution in [-0.2, 0) is 6.42 Å². The zero-order valence-corrected chi connectivity index (χ0v) is 14.0. The van der Waals surface area contributed by atoms with Crippen LogP contribution in [0.15, 0.2) is 36.7 Å². The molecular weight excluding hydrogens is 323 g/mol. The fourth-order valence-electron chi connectivity index (χ4n) is 3.08. The average Bonchev–Trinajstić information content (AvgIpc) is 2.63. The molecule has 0 spiro atoms. The number of likely N-dealkylation sites (tertiary alicyclic amines) is 1. The van der Waals surface area contributed by atoms with Crippen LogP contribution in [0.4, 0.5) is 10.1 Å². The Balaban J connectivity index is 1.61. The summed E-state index contributed by atoms with van der Waals surface area (Å²) in [5.41, 5.74) is 1.58. The van der Waals surface area contributed by atoms with E-state index < -0.39 is 6.10 Å². The second kappa shape index (κ2) is 7.57. The van der Waals surface area contributed by atoms with Gasteiger partial charge in [-0.15, -0.1) is 0 Å². The fourth-order valence-corrected chi connectivity index (χ4v) is 3.08. The Hall–Kier alpha value is -2.54. The van der Waals surface area contributed by atoms with Crippen LogP contribution < -0.4 is 5.32 Å². The third-order valence-electron chi connectivity index (χ3n) is 4.53. The van der Waals surface area contributed by atoms with E-state index in [0.717, 1.165) is 11.3 Å². The molecule has 2 N–H and O–H groups in total. The molecule has 1 aliphatic rings. The van der Waals surface area contributed by atoms with Crippen molar-refractivity contribution in [2.24, 2.45) is 5.92 Å². The maximum atomic E-state index is 13.3. The molecule has 1 aliphatic heterocycles. The summed E-state index contributed by atoms with van der Waals surface area (Å²) in [7, 11) is 1.75. The van der Waals surface area contributed by atoms with Crippen molar-refractivity contribution in [2.45, 2.75) is 18.9 Å². The second-order valence-electron chi connectivity index (χ2n) is 6.25. The molecule has 1 aromatic heterocycles. The maximum Gasteiger partial charge on any atom is 0.291 e. The van der Waals surface area contributed by atoms with E-state index >= 15 is 0 Å². The number of piperidine rings is 1. The van der Waals surface area contributed by atoms with Crippen molar-refractivity contribution >= 4 is 11.6 Å². The molecule has 2 atom stereocenters. The van der Waals surface area contributed by atoms with Crippen LogP contribution in [-0.4, -0.2) is 52.1 Å². The molecule has 0 aliphatic carbocycles. The number of aliphatic hydroxyl groups excluding tert-OH is 1. The SMILES string of the molecule is CNc1cnc(C(=O)N2CC[C@H](Cc3cccc(F)c3)[C@@H](O)C2)nc1. The molecule has 6 nitrogen and oxygen atoms in total. The molecular formula is C18H21FN4O2. The van der Waals surface area contributed by atoms with Crippen LogP contribution in [0.5, 0.6) is 0 Å². The Kier molecular flexibility index (Phi) is 5.23. The van der Waals surface area contributed by atoms with Gasteiger partial charge in [0.05, 0.1) is 24.2 Å². The van der Waals surface area contributed by atoms with Crippen molar-refractivity contribution in [3.63, 3.8) is 0 Å². The van der Waals surface area contributed by atoms with E-state index in [9.17, 15) is 14.3 Å². The number of nitrogens with zero attached hydrogens (tertiary/aromatic N) is 3. The molecule has 3 rings (SSSR count). The number of rotatable bonds is 4. The lowest BCUT2D eigenvalue weighted by atomic mass is 9.88. The van der Waals surface area contributed by atoms with Crippen LogP contribution in [0.2, 0.25) is 0 Å². The number of carbonyl (C=O) groups excluding carboxylic acids is 1. The number of hydrogen-bond donors (Lipinski definition) is 2. The summed E-state index contributed by atoms with van der Waals surface area (Å²) in [6.45, 7) is 0.753. The van der Waals surface area contributed by atoms with Crippen molar-refractivity contribution in [1.29, 1.82) is 0 Å². The van der Waals surface area contributed by atoms with E-state index in [1.54, 1.807) is 30.4 Å². The number of nitrogens with one attached hydrogen (secondary N) is 1. The van der Waals surface area contributed by atoms with Crippen LogP contribution in [0.1, 0.15) is 22.6 Å². The van der Waals surface area contributed by atoms with Crippen molar-refractivity contribution in [3.8, 4) is 0 Å². The first-order chi connectivity index (χ1) is 12.1. The number of benzene rings is 1. The standard InChI is InChI=1S/C18H21FN4O2/c1-20-15-9-21-17(22-10-15)18(25)23-6-5-13(16(24)11-23)7-12-3-2-4-14(19)8-12/h2-4,8-10,13,16,20,24H,5-7,11H2,1H3/t13-,16+/m1/s1. The topological polar surface area (TPSA) is 78.4 Å². The van der Waals surface area contributed by atoms with Gasteiger partial charge in [-0.1, -0.05) is 12.1 Å². The molecule has 2 heterocycles. The van der Waals surface area contributed by atoms with E-state index in [2.05, 4.69) is 15.3 Å². The highest BCUT2D eigenvalue weighted by molar-refractivity contribution is 5.90. The summed E-state index contributed by atoms with van der Waals surface area (Å²) >= 11 is 0. The molecule has 0 bridgehead atoms. The fraction of sp³-hybridized carbons (Fsp3) is 0.389. The monoisotopic (exact) mass is 344 g/mol. The molecule has 1 aromatic carbocycles. The van der Waals surface area contributed by atoms with Gasteiger partial charge in [-0.25, -0.2) is 14.4 Å². The molecule has 0 radical (unpaired) electrons. The predicted octanol–water partition coefficient (Wildman–Crippen LogP) is 1.72. The largest absolute Gasteiger partial charge is 0.391 e. The Bertz CT molecular complexity index is 738. The zero-order chi connectivity index (χ0) is 17.8. The highest BCUT2D eigenvalue weighted by atomic mass is 19.1. The van der Waals surface area contributed by atoms with Gasteiger partial charge in [0.15, 0.2) is 0 Å². The van der Waals surface area contributed by atoms with E-state index in [0.29, 0.717) is 19.4 Å². The minimum atomic E-state index is -0.655. The average molecular weight is 344 g/mol. The number of aliphatic hydroxyl groups is 1. The lowest BCUT2D eigenvalue weighted by Crippen LogP contribution is -2.47. The van der Waals surface area contributed by atoms with Gasteiger partial charge >= 0.3 is 0 Å². The Labute approximate surface area is 145 Å². The number of amides is 1. The molecule has 25 heavy (non-hydrogen) atoms. The Morgan fingerprint density at radius 1 is 1.40 bits per heavy atom. The minimum Gasteiger partial charge on any atom is -0.391 e.